The van der Waals surface area contributed by atoms with E-state index in [1.165, 1.54) is 29.9 Å². The first-order valence-electron chi connectivity index (χ1n) is 5.12. The maximum atomic E-state index is 13.7. The second kappa shape index (κ2) is 5.19. The van der Waals surface area contributed by atoms with Crippen molar-refractivity contribution in [2.75, 3.05) is 0 Å². The van der Waals surface area contributed by atoms with Gasteiger partial charge in [-0.25, -0.2) is 4.39 Å². The van der Waals surface area contributed by atoms with Gasteiger partial charge >= 0.3 is 11.1 Å². The number of hydrogen-bond acceptors (Lipinski definition) is 5. The van der Waals surface area contributed by atoms with Gasteiger partial charge in [0.05, 0.1) is 4.90 Å². The number of benzene rings is 1. The lowest BCUT2D eigenvalue weighted by atomic mass is 10.2. The number of carbonyl (C=O) groups excluding carboxylic acids is 1. The number of aromatic amines is 1. The van der Waals surface area contributed by atoms with Gasteiger partial charge in [0.15, 0.2) is 11.4 Å². The molecule has 0 bridgehead atoms. The SMILES string of the molecule is Cn1[nH]c(=O)c(=O)nc1Sc1c(F)cccc1C=O. The van der Waals surface area contributed by atoms with Crippen molar-refractivity contribution < 1.29 is 9.18 Å². The normalized spacial score (nSPS) is 10.4. The van der Waals surface area contributed by atoms with Crippen molar-refractivity contribution >= 4 is 18.0 Å². The Kier molecular flexibility index (Phi) is 3.61. The highest BCUT2D eigenvalue weighted by Gasteiger charge is 2.13. The van der Waals surface area contributed by atoms with E-state index in [-0.39, 0.29) is 15.6 Å². The minimum atomic E-state index is -0.968. The van der Waals surface area contributed by atoms with Crippen LogP contribution in [-0.2, 0) is 7.05 Å². The van der Waals surface area contributed by atoms with Gasteiger partial charge in [0, 0.05) is 12.6 Å². The Morgan fingerprint density at radius 3 is 2.84 bits per heavy atom. The van der Waals surface area contributed by atoms with Crippen LogP contribution >= 0.6 is 11.8 Å². The molecule has 0 radical (unpaired) electrons. The van der Waals surface area contributed by atoms with Crippen LogP contribution in [0.15, 0.2) is 37.8 Å². The molecule has 1 aromatic heterocycles. The molecule has 0 spiro atoms. The molecule has 1 N–H and O–H groups in total. The molecule has 0 fully saturated rings. The minimum absolute atomic E-state index is 0.0482. The van der Waals surface area contributed by atoms with Crippen LogP contribution in [0.25, 0.3) is 0 Å². The van der Waals surface area contributed by atoms with Gasteiger partial charge in [-0.1, -0.05) is 12.1 Å². The van der Waals surface area contributed by atoms with Crippen molar-refractivity contribution in [3.05, 3.63) is 50.3 Å². The van der Waals surface area contributed by atoms with Gasteiger partial charge in [0.2, 0.25) is 0 Å². The van der Waals surface area contributed by atoms with Gasteiger partial charge in [-0.15, -0.1) is 0 Å². The van der Waals surface area contributed by atoms with Crippen LogP contribution in [0, 0.1) is 5.82 Å². The molecule has 8 heteroatoms. The molecule has 19 heavy (non-hydrogen) atoms. The number of aldehydes is 1. The monoisotopic (exact) mass is 281 g/mol. The van der Waals surface area contributed by atoms with Gasteiger partial charge in [0.25, 0.3) is 0 Å². The van der Waals surface area contributed by atoms with Crippen molar-refractivity contribution in [1.29, 1.82) is 0 Å². The van der Waals surface area contributed by atoms with Crippen molar-refractivity contribution in [3.8, 4) is 0 Å². The summed E-state index contributed by atoms with van der Waals surface area (Å²) in [6.07, 6.45) is 0.509. The molecule has 2 rings (SSSR count). The molecular formula is C11H8FN3O3S. The summed E-state index contributed by atoms with van der Waals surface area (Å²) in [5.41, 5.74) is -1.69. The Balaban J connectivity index is 2.53. The molecule has 0 amide bonds. The number of nitrogens with one attached hydrogen (secondary N) is 1. The van der Waals surface area contributed by atoms with Crippen molar-refractivity contribution in [2.24, 2.45) is 7.05 Å². The van der Waals surface area contributed by atoms with E-state index in [4.69, 9.17) is 0 Å². The number of H-pyrrole nitrogens is 1. The zero-order valence-electron chi connectivity index (χ0n) is 9.71. The maximum Gasteiger partial charge on any atom is 0.339 e. The molecule has 0 saturated carbocycles. The topological polar surface area (TPSA) is 84.8 Å². The van der Waals surface area contributed by atoms with Crippen LogP contribution in [0.2, 0.25) is 0 Å². The predicted molar refractivity (Wildman–Crippen MR) is 66.0 cm³/mol. The van der Waals surface area contributed by atoms with Gasteiger partial charge < -0.3 is 0 Å². The van der Waals surface area contributed by atoms with Gasteiger partial charge in [-0.2, -0.15) is 4.98 Å². The average Bonchev–Trinajstić information content (AvgIpc) is 2.38. The summed E-state index contributed by atoms with van der Waals surface area (Å²) in [6, 6.07) is 4.05. The van der Waals surface area contributed by atoms with E-state index in [0.29, 0.717) is 6.29 Å². The number of aromatic nitrogens is 3. The van der Waals surface area contributed by atoms with Gasteiger partial charge in [-0.05, 0) is 17.8 Å². The largest absolute Gasteiger partial charge is 0.339 e. The summed E-state index contributed by atoms with van der Waals surface area (Å²) in [4.78, 5) is 36.6. The Labute approximate surface area is 110 Å². The van der Waals surface area contributed by atoms with Crippen molar-refractivity contribution in [3.63, 3.8) is 0 Å². The van der Waals surface area contributed by atoms with Crippen LogP contribution in [0.3, 0.4) is 0 Å². The lowest BCUT2D eigenvalue weighted by Gasteiger charge is -2.08. The number of carbonyl (C=O) groups is 1. The van der Waals surface area contributed by atoms with E-state index in [0.717, 1.165) is 11.8 Å². The molecule has 0 saturated heterocycles. The third kappa shape index (κ3) is 2.63. The van der Waals surface area contributed by atoms with E-state index in [9.17, 15) is 18.8 Å². The number of rotatable bonds is 3. The number of hydrogen-bond donors (Lipinski definition) is 1. The van der Waals surface area contributed by atoms with Crippen LogP contribution in [0.1, 0.15) is 10.4 Å². The van der Waals surface area contributed by atoms with Gasteiger partial charge in [-0.3, -0.25) is 24.2 Å². The predicted octanol–water partition coefficient (Wildman–Crippen LogP) is 0.571. The van der Waals surface area contributed by atoms with Crippen LogP contribution in [0.5, 0.6) is 0 Å². The van der Waals surface area contributed by atoms with Gasteiger partial charge in [0.1, 0.15) is 5.82 Å². The first-order valence-corrected chi connectivity index (χ1v) is 5.93. The summed E-state index contributed by atoms with van der Waals surface area (Å²) in [5, 5.41) is 2.32. The Morgan fingerprint density at radius 1 is 1.42 bits per heavy atom. The molecular weight excluding hydrogens is 273 g/mol. The van der Waals surface area contributed by atoms with E-state index in [1.807, 2.05) is 0 Å². The number of aryl methyl sites for hydroxylation is 1. The molecule has 2 aromatic rings. The smallest absolute Gasteiger partial charge is 0.298 e. The van der Waals surface area contributed by atoms with Crippen LogP contribution in [-0.4, -0.2) is 21.1 Å². The summed E-state index contributed by atoms with van der Waals surface area (Å²) in [7, 11) is 1.46. The third-order valence-corrected chi connectivity index (χ3v) is 3.45. The summed E-state index contributed by atoms with van der Waals surface area (Å²) in [5.74, 6) is -0.602. The van der Waals surface area contributed by atoms with Crippen LogP contribution in [0.4, 0.5) is 4.39 Å². The molecule has 0 atom stereocenters. The van der Waals surface area contributed by atoms with E-state index in [1.54, 1.807) is 0 Å². The molecule has 0 aliphatic rings. The fourth-order valence-corrected chi connectivity index (χ4v) is 2.26. The minimum Gasteiger partial charge on any atom is -0.298 e. The lowest BCUT2D eigenvalue weighted by molar-refractivity contribution is 0.112. The lowest BCUT2D eigenvalue weighted by Crippen LogP contribution is -2.33. The standard InChI is InChI=1S/C11H8FN3O3S/c1-15-11(13-9(17)10(18)14-15)19-8-6(5-16)3-2-4-7(8)12/h2-5H,1H3,(H,14,18). The maximum absolute atomic E-state index is 13.7. The zero-order valence-corrected chi connectivity index (χ0v) is 10.5. The number of halogens is 1. The van der Waals surface area contributed by atoms with E-state index in [2.05, 4.69) is 10.1 Å². The first kappa shape index (κ1) is 13.2. The molecule has 0 aliphatic heterocycles. The zero-order chi connectivity index (χ0) is 14.0. The highest BCUT2D eigenvalue weighted by Crippen LogP contribution is 2.29. The molecule has 0 aliphatic carbocycles. The molecule has 0 unspecified atom stereocenters. The Morgan fingerprint density at radius 2 is 2.16 bits per heavy atom. The molecule has 1 aromatic carbocycles. The third-order valence-electron chi connectivity index (χ3n) is 2.27. The van der Waals surface area contributed by atoms with E-state index >= 15 is 0 Å². The van der Waals surface area contributed by atoms with E-state index < -0.39 is 16.9 Å². The molecule has 6 nitrogen and oxygen atoms in total. The molecule has 98 valence electrons. The average molecular weight is 281 g/mol. The Hall–Kier alpha value is -2.22. The fourth-order valence-electron chi connectivity index (χ4n) is 1.37. The van der Waals surface area contributed by atoms with Crippen LogP contribution < -0.4 is 11.1 Å². The van der Waals surface area contributed by atoms with Crippen molar-refractivity contribution in [1.82, 2.24) is 14.8 Å². The van der Waals surface area contributed by atoms with Crippen molar-refractivity contribution in [2.45, 2.75) is 10.1 Å². The highest BCUT2D eigenvalue weighted by atomic mass is 32.2. The number of nitrogens with zero attached hydrogens (tertiary/aromatic N) is 2. The first-order chi connectivity index (χ1) is 9.02. The summed E-state index contributed by atoms with van der Waals surface area (Å²) >= 11 is 0.790. The second-order valence-corrected chi connectivity index (χ2v) is 4.56. The quantitative estimate of drug-likeness (QED) is 0.657. The summed E-state index contributed by atoms with van der Waals surface area (Å²) < 4.78 is 14.9. The fraction of sp³-hybridized carbons (Fsp3) is 0.0909. The highest BCUT2D eigenvalue weighted by molar-refractivity contribution is 7.99. The Bertz CT molecular complexity index is 754. The molecule has 1 heterocycles. The summed E-state index contributed by atoms with van der Waals surface area (Å²) in [6.45, 7) is 0. The second-order valence-electron chi connectivity index (χ2n) is 3.58.